The van der Waals surface area contributed by atoms with Crippen LogP contribution in [0.1, 0.15) is 53.4 Å². The zero-order chi connectivity index (χ0) is 24.1. The third kappa shape index (κ3) is 7.94. The highest BCUT2D eigenvalue weighted by Gasteiger charge is 2.25. The van der Waals surface area contributed by atoms with Crippen LogP contribution < -0.4 is 10.6 Å². The monoisotopic (exact) mass is 452 g/mol. The number of nitrogens with one attached hydrogen (secondary N) is 2. The lowest BCUT2D eigenvalue weighted by molar-refractivity contribution is -0.130. The van der Waals surface area contributed by atoms with Gasteiger partial charge in [-0.2, -0.15) is 5.26 Å². The van der Waals surface area contributed by atoms with E-state index in [0.717, 1.165) is 44.5 Å². The number of carbonyl (C=O) groups is 1. The number of allylic oxidation sites excluding steroid dienone is 4. The first-order chi connectivity index (χ1) is 16.1. The van der Waals surface area contributed by atoms with Gasteiger partial charge in [0, 0.05) is 32.8 Å². The number of carbonyl (C=O) groups excluding carboxylic acids is 1. The molecule has 1 unspecified atom stereocenters. The Bertz CT molecular complexity index is 883. The number of nitrogens with zero attached hydrogens (tertiary/aromatic N) is 4. The molecule has 33 heavy (non-hydrogen) atoms. The van der Waals surface area contributed by atoms with E-state index < -0.39 is 0 Å². The summed E-state index contributed by atoms with van der Waals surface area (Å²) >= 11 is 0. The molecule has 0 saturated carbocycles. The van der Waals surface area contributed by atoms with Crippen LogP contribution in [0.3, 0.4) is 0 Å². The Kier molecular flexibility index (Phi) is 10.9. The number of amides is 1. The molecule has 0 spiro atoms. The molecule has 3 rings (SSSR count). The van der Waals surface area contributed by atoms with Crippen molar-refractivity contribution in [3.8, 4) is 6.07 Å². The lowest BCUT2D eigenvalue weighted by Gasteiger charge is -2.30. The standard InChI is InChI=1S/C23H30N6O2.C2H6/c1-3-4-5-7-19-16-31-22(27-19)20(14-24)21-8-6-11-25-23(28-21)26-15-18-9-12-29(13-10-18)17(2)30;1-2/h3-5,7,11,16,18,21,27H,6,8-10,12-13,15H2,1-2H3,(H,26,28);1-2H3/b4-3-,7-5-,22-20-;. The van der Waals surface area contributed by atoms with Gasteiger partial charge in [-0.25, -0.2) is 4.99 Å². The van der Waals surface area contributed by atoms with E-state index in [1.165, 1.54) is 0 Å². The Hall–Kier alpha value is -3.34. The zero-order valence-electron chi connectivity index (χ0n) is 20.2. The molecule has 0 radical (unpaired) electrons. The number of nitriles is 1. The lowest BCUT2D eigenvalue weighted by atomic mass is 9.97. The number of rotatable bonds is 5. The van der Waals surface area contributed by atoms with Gasteiger partial charge in [-0.15, -0.1) is 0 Å². The number of likely N-dealkylation sites (tertiary alicyclic amines) is 1. The fraction of sp³-hybridized carbons (Fsp3) is 0.520. The minimum Gasteiger partial charge on any atom is -0.445 e. The fourth-order valence-corrected chi connectivity index (χ4v) is 3.69. The van der Waals surface area contributed by atoms with Crippen LogP contribution in [0.25, 0.3) is 0 Å². The summed E-state index contributed by atoms with van der Waals surface area (Å²) in [5.74, 6) is 1.56. The maximum Gasteiger partial charge on any atom is 0.219 e. The van der Waals surface area contributed by atoms with Crippen molar-refractivity contribution in [3.05, 3.63) is 47.7 Å². The molecular weight excluding hydrogens is 416 g/mol. The van der Waals surface area contributed by atoms with Crippen LogP contribution >= 0.6 is 0 Å². The molecule has 3 heterocycles. The van der Waals surface area contributed by atoms with Gasteiger partial charge in [-0.05, 0) is 44.6 Å². The summed E-state index contributed by atoms with van der Waals surface area (Å²) in [6, 6.07) is 2.05. The SMILES string of the molecule is C/C=C\C=C/C1=CO/C(=C(/C#N)C2CCC=NC(=NCC3CCN(C(C)=O)CC3)N2)N1.CC. The average molecular weight is 453 g/mol. The fourth-order valence-electron chi connectivity index (χ4n) is 3.69. The summed E-state index contributed by atoms with van der Waals surface area (Å²) < 4.78 is 5.62. The van der Waals surface area contributed by atoms with Crippen molar-refractivity contribution in [1.29, 1.82) is 5.26 Å². The van der Waals surface area contributed by atoms with E-state index in [0.29, 0.717) is 29.9 Å². The van der Waals surface area contributed by atoms with Crippen LogP contribution in [-0.2, 0) is 9.53 Å². The van der Waals surface area contributed by atoms with E-state index in [9.17, 15) is 10.1 Å². The molecular formula is C25H36N6O2. The third-order valence-electron chi connectivity index (χ3n) is 5.51. The number of ether oxygens (including phenoxy) is 1. The number of aliphatic imine (C=N–C) groups is 2. The number of piperidine rings is 1. The van der Waals surface area contributed by atoms with E-state index in [4.69, 9.17) is 4.74 Å². The van der Waals surface area contributed by atoms with Crippen molar-refractivity contribution in [1.82, 2.24) is 15.5 Å². The molecule has 0 aromatic carbocycles. The molecule has 0 aromatic rings. The van der Waals surface area contributed by atoms with Gasteiger partial charge in [0.1, 0.15) is 17.9 Å². The molecule has 3 aliphatic rings. The van der Waals surface area contributed by atoms with Crippen LogP contribution in [-0.4, -0.2) is 48.7 Å². The van der Waals surface area contributed by atoms with Gasteiger partial charge in [0.2, 0.25) is 17.7 Å². The quantitative estimate of drug-likeness (QED) is 0.488. The van der Waals surface area contributed by atoms with E-state index in [-0.39, 0.29) is 11.9 Å². The summed E-state index contributed by atoms with van der Waals surface area (Å²) in [6.45, 7) is 9.80. The molecule has 1 fully saturated rings. The summed E-state index contributed by atoms with van der Waals surface area (Å²) in [5, 5.41) is 16.3. The van der Waals surface area contributed by atoms with Crippen molar-refractivity contribution in [2.24, 2.45) is 15.9 Å². The molecule has 0 aromatic heterocycles. The Morgan fingerprint density at radius 1 is 1.33 bits per heavy atom. The molecule has 8 heteroatoms. The number of hydrogen-bond acceptors (Lipinski definition) is 5. The van der Waals surface area contributed by atoms with Gasteiger partial charge in [-0.3, -0.25) is 9.79 Å². The molecule has 1 atom stereocenters. The van der Waals surface area contributed by atoms with E-state index in [1.807, 2.05) is 56.2 Å². The van der Waals surface area contributed by atoms with Gasteiger partial charge in [-0.1, -0.05) is 32.1 Å². The predicted octanol–water partition coefficient (Wildman–Crippen LogP) is 3.78. The van der Waals surface area contributed by atoms with E-state index in [1.54, 1.807) is 13.2 Å². The first-order valence-electron chi connectivity index (χ1n) is 11.8. The summed E-state index contributed by atoms with van der Waals surface area (Å²) in [4.78, 5) is 22.5. The van der Waals surface area contributed by atoms with Crippen LogP contribution in [0.4, 0.5) is 0 Å². The van der Waals surface area contributed by atoms with Crippen LogP contribution in [0.5, 0.6) is 0 Å². The Labute approximate surface area is 197 Å². The van der Waals surface area contributed by atoms with Crippen molar-refractivity contribution >= 4 is 18.1 Å². The predicted molar refractivity (Wildman–Crippen MR) is 132 cm³/mol. The normalized spacial score (nSPS) is 23.7. The highest BCUT2D eigenvalue weighted by atomic mass is 16.5. The van der Waals surface area contributed by atoms with Crippen molar-refractivity contribution in [2.45, 2.75) is 59.4 Å². The highest BCUT2D eigenvalue weighted by molar-refractivity contribution is 5.89. The van der Waals surface area contributed by atoms with Crippen LogP contribution in [0.15, 0.2) is 57.7 Å². The Morgan fingerprint density at radius 2 is 2.09 bits per heavy atom. The van der Waals surface area contributed by atoms with Crippen molar-refractivity contribution in [3.63, 3.8) is 0 Å². The van der Waals surface area contributed by atoms with Gasteiger partial charge in [0.05, 0.1) is 11.7 Å². The van der Waals surface area contributed by atoms with E-state index >= 15 is 0 Å². The Morgan fingerprint density at radius 3 is 2.76 bits per heavy atom. The van der Waals surface area contributed by atoms with Crippen LogP contribution in [0, 0.1) is 17.2 Å². The minimum absolute atomic E-state index is 0.136. The van der Waals surface area contributed by atoms with E-state index in [2.05, 4.69) is 26.7 Å². The number of hydrogen-bond donors (Lipinski definition) is 2. The molecule has 3 aliphatic heterocycles. The summed E-state index contributed by atoms with van der Waals surface area (Å²) in [6.07, 6.45) is 14.5. The van der Waals surface area contributed by atoms with Crippen molar-refractivity contribution < 1.29 is 9.53 Å². The lowest BCUT2D eigenvalue weighted by Crippen LogP contribution is -2.38. The second-order valence-electron chi connectivity index (χ2n) is 7.76. The topological polar surface area (TPSA) is 102 Å². The van der Waals surface area contributed by atoms with Gasteiger partial charge in [0.25, 0.3) is 0 Å². The maximum atomic E-state index is 11.5. The molecule has 1 amide bonds. The molecule has 0 bridgehead atoms. The number of guanidine groups is 1. The summed E-state index contributed by atoms with van der Waals surface area (Å²) in [7, 11) is 0. The van der Waals surface area contributed by atoms with Gasteiger partial charge >= 0.3 is 0 Å². The largest absolute Gasteiger partial charge is 0.445 e. The average Bonchev–Trinajstić information content (AvgIpc) is 3.17. The Balaban J connectivity index is 0.00000187. The molecule has 178 valence electrons. The van der Waals surface area contributed by atoms with Crippen molar-refractivity contribution in [2.75, 3.05) is 19.6 Å². The zero-order valence-corrected chi connectivity index (χ0v) is 20.2. The third-order valence-corrected chi connectivity index (χ3v) is 5.51. The van der Waals surface area contributed by atoms with Gasteiger partial charge in [0.15, 0.2) is 0 Å². The smallest absolute Gasteiger partial charge is 0.219 e. The minimum atomic E-state index is -0.236. The highest BCUT2D eigenvalue weighted by Crippen LogP contribution is 2.21. The van der Waals surface area contributed by atoms with Gasteiger partial charge < -0.3 is 20.3 Å². The molecule has 8 nitrogen and oxygen atoms in total. The molecule has 1 saturated heterocycles. The second kappa shape index (κ2) is 13.9. The summed E-state index contributed by atoms with van der Waals surface area (Å²) in [5.41, 5.74) is 1.29. The first-order valence-corrected chi connectivity index (χ1v) is 11.8. The van der Waals surface area contributed by atoms with Crippen LogP contribution in [0.2, 0.25) is 0 Å². The first kappa shape index (κ1) is 25.9. The molecule has 2 N–H and O–H groups in total. The second-order valence-corrected chi connectivity index (χ2v) is 7.76. The maximum absolute atomic E-state index is 11.5. The molecule has 0 aliphatic carbocycles.